The molecule has 3 rings (SSSR count). The van der Waals surface area contributed by atoms with Gasteiger partial charge in [0.15, 0.2) is 0 Å². The molecule has 0 spiro atoms. The summed E-state index contributed by atoms with van der Waals surface area (Å²) in [5.74, 6) is -3.13. The van der Waals surface area contributed by atoms with Gasteiger partial charge in [0.05, 0.1) is 23.4 Å². The molecule has 1 aromatic rings. The largest absolute Gasteiger partial charge is 0.447 e. The lowest BCUT2D eigenvalue weighted by Gasteiger charge is -2.21. The highest BCUT2D eigenvalue weighted by molar-refractivity contribution is 6.38. The minimum absolute atomic E-state index is 0.0159. The van der Waals surface area contributed by atoms with Crippen LogP contribution in [-0.4, -0.2) is 53.8 Å². The number of hydrogen-bond donors (Lipinski definition) is 4. The maximum atomic E-state index is 13.2. The van der Waals surface area contributed by atoms with Gasteiger partial charge in [-0.05, 0) is 64.7 Å². The molecule has 0 radical (unpaired) electrons. The van der Waals surface area contributed by atoms with Crippen LogP contribution in [0.3, 0.4) is 0 Å². The van der Waals surface area contributed by atoms with Gasteiger partial charge < -0.3 is 20.7 Å². The van der Waals surface area contributed by atoms with Crippen molar-refractivity contribution in [3.8, 4) is 0 Å². The van der Waals surface area contributed by atoms with Gasteiger partial charge in [0.25, 0.3) is 11.8 Å². The molecule has 1 aliphatic carbocycles. The van der Waals surface area contributed by atoms with Crippen LogP contribution >= 0.6 is 11.6 Å². The summed E-state index contributed by atoms with van der Waals surface area (Å²) in [6.07, 6.45) is 0.896. The van der Waals surface area contributed by atoms with Gasteiger partial charge in [-0.25, -0.2) is 4.79 Å². The molecule has 1 aliphatic heterocycles. The number of amides is 4. The second kappa shape index (κ2) is 10.9. The molecule has 4 N–H and O–H groups in total. The molecule has 2 fully saturated rings. The Balaban J connectivity index is 1.80. The van der Waals surface area contributed by atoms with Crippen molar-refractivity contribution in [1.82, 2.24) is 16.0 Å². The van der Waals surface area contributed by atoms with Crippen LogP contribution in [0.15, 0.2) is 18.2 Å². The summed E-state index contributed by atoms with van der Waals surface area (Å²) < 4.78 is 5.06. The minimum Gasteiger partial charge on any atom is -0.447 e. The van der Waals surface area contributed by atoms with Crippen LogP contribution in [0, 0.1) is 5.92 Å². The number of rotatable bonds is 9. The van der Waals surface area contributed by atoms with Crippen LogP contribution in [0.5, 0.6) is 0 Å². The standard InChI is InChI=1S/C23H29ClN4O6/c1-11(2)34-23(33)28-17-7-4-14(24)10-16(17)21(31)27-18(9-13-8-12(3)25-20(13)30)19(29)22(32)26-15-5-6-15/h4,7,10-13,15,18H,5-6,8-9H2,1-3H3,(H,25,30)(H,26,32)(H,27,31)(H,28,33)/t12-,13+,18+/m1/s1. The molecule has 3 atom stereocenters. The van der Waals surface area contributed by atoms with Crippen molar-refractivity contribution in [2.75, 3.05) is 5.32 Å². The number of carbonyl (C=O) groups excluding carboxylic acids is 5. The molecule has 34 heavy (non-hydrogen) atoms. The average Bonchev–Trinajstić information content (AvgIpc) is 3.50. The maximum Gasteiger partial charge on any atom is 0.411 e. The zero-order valence-corrected chi connectivity index (χ0v) is 20.0. The summed E-state index contributed by atoms with van der Waals surface area (Å²) in [4.78, 5) is 62.8. The van der Waals surface area contributed by atoms with E-state index in [1.807, 2.05) is 6.92 Å². The quantitative estimate of drug-likeness (QED) is 0.389. The third kappa shape index (κ3) is 6.93. The molecular formula is C23H29ClN4O6. The number of hydrogen-bond acceptors (Lipinski definition) is 6. The summed E-state index contributed by atoms with van der Waals surface area (Å²) in [6, 6.07) is 2.90. The number of carbonyl (C=O) groups is 5. The van der Waals surface area contributed by atoms with Gasteiger partial charge in [0.2, 0.25) is 11.7 Å². The molecule has 1 saturated carbocycles. The van der Waals surface area contributed by atoms with Crippen molar-refractivity contribution in [3.05, 3.63) is 28.8 Å². The molecule has 1 saturated heterocycles. The summed E-state index contributed by atoms with van der Waals surface area (Å²) in [5.41, 5.74) is 0.103. The fraction of sp³-hybridized carbons (Fsp3) is 0.522. The zero-order chi connectivity index (χ0) is 25.0. The van der Waals surface area contributed by atoms with Crippen molar-refractivity contribution in [2.45, 2.75) is 70.7 Å². The number of ether oxygens (including phenoxy) is 1. The van der Waals surface area contributed by atoms with Gasteiger partial charge in [-0.15, -0.1) is 0 Å². The first kappa shape index (κ1) is 25.5. The fourth-order valence-corrected chi connectivity index (χ4v) is 3.89. The third-order valence-electron chi connectivity index (χ3n) is 5.48. The van der Waals surface area contributed by atoms with Gasteiger partial charge in [0.1, 0.15) is 0 Å². The molecule has 1 heterocycles. The molecule has 0 unspecified atom stereocenters. The molecule has 0 bridgehead atoms. The van der Waals surface area contributed by atoms with Crippen LogP contribution in [0.25, 0.3) is 0 Å². The van der Waals surface area contributed by atoms with Gasteiger partial charge >= 0.3 is 6.09 Å². The Morgan fingerprint density at radius 1 is 1.21 bits per heavy atom. The van der Waals surface area contributed by atoms with E-state index in [1.165, 1.54) is 18.2 Å². The van der Waals surface area contributed by atoms with E-state index in [9.17, 15) is 24.0 Å². The molecular weight excluding hydrogens is 464 g/mol. The summed E-state index contributed by atoms with van der Waals surface area (Å²) >= 11 is 6.06. The van der Waals surface area contributed by atoms with E-state index >= 15 is 0 Å². The van der Waals surface area contributed by atoms with Crippen molar-refractivity contribution in [1.29, 1.82) is 0 Å². The van der Waals surface area contributed by atoms with Gasteiger partial charge in [-0.1, -0.05) is 11.6 Å². The number of benzene rings is 1. The van der Waals surface area contributed by atoms with Gasteiger partial charge in [-0.2, -0.15) is 0 Å². The first-order valence-corrected chi connectivity index (χ1v) is 11.6. The molecule has 10 nitrogen and oxygen atoms in total. The minimum atomic E-state index is -1.23. The van der Waals surface area contributed by atoms with E-state index in [0.29, 0.717) is 6.42 Å². The van der Waals surface area contributed by atoms with E-state index in [1.54, 1.807) is 13.8 Å². The Bertz CT molecular complexity index is 994. The molecule has 2 aliphatic rings. The normalized spacial score (nSPS) is 20.3. The number of Topliss-reactive ketones (excluding diaryl/α,β-unsaturated/α-hetero) is 1. The topological polar surface area (TPSA) is 143 Å². The Labute approximate surface area is 202 Å². The second-order valence-corrected chi connectivity index (χ2v) is 9.42. The average molecular weight is 493 g/mol. The lowest BCUT2D eigenvalue weighted by atomic mass is 9.93. The molecule has 11 heteroatoms. The lowest BCUT2D eigenvalue weighted by molar-refractivity contribution is -0.139. The van der Waals surface area contributed by atoms with Crippen LogP contribution in [0.2, 0.25) is 5.02 Å². The Kier molecular flexibility index (Phi) is 8.14. The van der Waals surface area contributed by atoms with Gasteiger partial charge in [-0.3, -0.25) is 24.5 Å². The monoisotopic (exact) mass is 492 g/mol. The second-order valence-electron chi connectivity index (χ2n) is 8.98. The van der Waals surface area contributed by atoms with E-state index < -0.39 is 35.7 Å². The van der Waals surface area contributed by atoms with Crippen LogP contribution in [-0.2, 0) is 19.1 Å². The van der Waals surface area contributed by atoms with Gasteiger partial charge in [0, 0.05) is 23.0 Å². The maximum absolute atomic E-state index is 13.2. The van der Waals surface area contributed by atoms with E-state index in [4.69, 9.17) is 16.3 Å². The third-order valence-corrected chi connectivity index (χ3v) is 5.72. The Morgan fingerprint density at radius 3 is 2.50 bits per heavy atom. The summed E-state index contributed by atoms with van der Waals surface area (Å²) in [5, 5.41) is 10.7. The molecule has 1 aromatic carbocycles. The summed E-state index contributed by atoms with van der Waals surface area (Å²) in [6.45, 7) is 5.20. The van der Waals surface area contributed by atoms with Crippen LogP contribution in [0.1, 0.15) is 56.8 Å². The number of ketones is 1. The van der Waals surface area contributed by atoms with Crippen molar-refractivity contribution < 1.29 is 28.7 Å². The SMILES string of the molecule is CC(C)OC(=O)Nc1ccc(Cl)cc1C(=O)N[C@@H](C[C@@H]1C[C@@H](C)NC1=O)C(=O)C(=O)NC1CC1. The van der Waals surface area contributed by atoms with E-state index in [2.05, 4.69) is 21.3 Å². The number of anilines is 1. The molecule has 184 valence electrons. The predicted molar refractivity (Wildman–Crippen MR) is 124 cm³/mol. The Morgan fingerprint density at radius 2 is 1.91 bits per heavy atom. The molecule has 4 amide bonds. The number of nitrogens with one attached hydrogen (secondary N) is 4. The molecule has 0 aromatic heterocycles. The lowest BCUT2D eigenvalue weighted by Crippen LogP contribution is -2.49. The smallest absolute Gasteiger partial charge is 0.411 e. The van der Waals surface area contributed by atoms with Crippen molar-refractivity contribution in [3.63, 3.8) is 0 Å². The highest BCUT2D eigenvalue weighted by atomic mass is 35.5. The van der Waals surface area contributed by atoms with Crippen molar-refractivity contribution >= 4 is 46.9 Å². The van der Waals surface area contributed by atoms with Crippen LogP contribution < -0.4 is 21.3 Å². The van der Waals surface area contributed by atoms with Crippen molar-refractivity contribution in [2.24, 2.45) is 5.92 Å². The number of halogens is 1. The van der Waals surface area contributed by atoms with E-state index in [-0.39, 0.29) is 46.8 Å². The van der Waals surface area contributed by atoms with Crippen LogP contribution in [0.4, 0.5) is 10.5 Å². The summed E-state index contributed by atoms with van der Waals surface area (Å²) in [7, 11) is 0. The Hall–Kier alpha value is -3.14. The highest BCUT2D eigenvalue weighted by Gasteiger charge is 2.37. The first-order chi connectivity index (χ1) is 16.0. The fourth-order valence-electron chi connectivity index (χ4n) is 3.72. The predicted octanol–water partition coefficient (Wildman–Crippen LogP) is 2.16. The van der Waals surface area contributed by atoms with E-state index in [0.717, 1.165) is 12.8 Å². The zero-order valence-electron chi connectivity index (χ0n) is 19.3. The first-order valence-electron chi connectivity index (χ1n) is 11.3. The highest BCUT2D eigenvalue weighted by Crippen LogP contribution is 2.24.